The number of nitrogens with one attached hydrogen (secondary N) is 1. The minimum absolute atomic E-state index is 0.104. The van der Waals surface area contributed by atoms with Gasteiger partial charge in [0.15, 0.2) is 5.76 Å². The predicted molar refractivity (Wildman–Crippen MR) is 151 cm³/mol. The Labute approximate surface area is 230 Å². The normalized spacial score (nSPS) is 21.5. The lowest BCUT2D eigenvalue weighted by molar-refractivity contribution is -0.123. The first kappa shape index (κ1) is 28.4. The number of ether oxygens (including phenoxy) is 2. The van der Waals surface area contributed by atoms with E-state index in [9.17, 15) is 9.59 Å². The summed E-state index contributed by atoms with van der Waals surface area (Å²) in [6.07, 6.45) is 5.95. The van der Waals surface area contributed by atoms with Gasteiger partial charge in [-0.25, -0.2) is 4.79 Å². The molecule has 3 atom stereocenters. The maximum atomic E-state index is 13.6. The van der Waals surface area contributed by atoms with Crippen LogP contribution in [0.25, 0.3) is 12.2 Å². The van der Waals surface area contributed by atoms with E-state index in [-0.39, 0.29) is 18.0 Å². The van der Waals surface area contributed by atoms with Crippen LogP contribution in [0.2, 0.25) is 0 Å². The maximum Gasteiger partial charge on any atom is 0.410 e. The van der Waals surface area contributed by atoms with Gasteiger partial charge < -0.3 is 29.0 Å². The summed E-state index contributed by atoms with van der Waals surface area (Å²) in [7, 11) is 0. The summed E-state index contributed by atoms with van der Waals surface area (Å²) in [4.78, 5) is 34.7. The van der Waals surface area contributed by atoms with Gasteiger partial charge in [0.1, 0.15) is 17.3 Å². The zero-order valence-electron chi connectivity index (χ0n) is 23.2. The van der Waals surface area contributed by atoms with Crippen LogP contribution in [0, 0.1) is 0 Å². The average molecular weight is 537 g/mol. The van der Waals surface area contributed by atoms with Crippen LogP contribution in [-0.2, 0) is 20.9 Å². The number of rotatable bonds is 9. The molecule has 1 aromatic carbocycles. The Kier molecular flexibility index (Phi) is 9.12. The average Bonchev–Trinajstić information content (AvgIpc) is 3.52. The fraction of sp³-hybridized carbons (Fsp3) is 0.500. The predicted octanol–water partition coefficient (Wildman–Crippen LogP) is 5.03. The maximum absolute atomic E-state index is 13.6. The van der Waals surface area contributed by atoms with Crippen molar-refractivity contribution in [3.63, 3.8) is 0 Å². The molecule has 9 heteroatoms. The molecule has 0 bridgehead atoms. The topological polar surface area (TPSA) is 97.1 Å². The van der Waals surface area contributed by atoms with Crippen LogP contribution in [0.3, 0.4) is 0 Å². The first-order chi connectivity index (χ1) is 18.7. The van der Waals surface area contributed by atoms with E-state index in [1.807, 2.05) is 56.0 Å². The summed E-state index contributed by atoms with van der Waals surface area (Å²) in [6.45, 7) is 14.9. The van der Waals surface area contributed by atoms with E-state index >= 15 is 0 Å². The molecule has 2 amide bonds. The lowest BCUT2D eigenvalue weighted by Crippen LogP contribution is -2.52. The molecule has 3 heterocycles. The Morgan fingerprint density at radius 3 is 2.62 bits per heavy atom. The molecule has 2 fully saturated rings. The summed E-state index contributed by atoms with van der Waals surface area (Å²) in [5, 5.41) is 3.19. The van der Waals surface area contributed by atoms with Crippen LogP contribution >= 0.6 is 0 Å². The third kappa shape index (κ3) is 7.29. The number of benzene rings is 1. The van der Waals surface area contributed by atoms with Crippen molar-refractivity contribution >= 4 is 30.2 Å². The van der Waals surface area contributed by atoms with E-state index in [1.165, 1.54) is 0 Å². The molecule has 2 saturated heterocycles. The van der Waals surface area contributed by atoms with Crippen LogP contribution in [0.4, 0.5) is 10.8 Å². The largest absolute Gasteiger partial charge is 0.444 e. The molecule has 4 rings (SSSR count). The number of piperidine rings is 1. The number of nitrogens with zero attached hydrogens (tertiary/aromatic N) is 3. The van der Waals surface area contributed by atoms with E-state index < -0.39 is 17.7 Å². The highest BCUT2D eigenvalue weighted by atomic mass is 16.6. The van der Waals surface area contributed by atoms with Crippen molar-refractivity contribution in [3.8, 4) is 0 Å². The number of carbonyl (C=O) groups is 2. The van der Waals surface area contributed by atoms with Gasteiger partial charge in [-0.1, -0.05) is 43.5 Å². The summed E-state index contributed by atoms with van der Waals surface area (Å²) >= 11 is 0. The van der Waals surface area contributed by atoms with Crippen LogP contribution in [0.1, 0.15) is 63.5 Å². The molecule has 0 radical (unpaired) electrons. The molecule has 1 aromatic heterocycles. The minimum Gasteiger partial charge on any atom is -0.444 e. The second kappa shape index (κ2) is 12.5. The van der Waals surface area contributed by atoms with E-state index in [1.54, 1.807) is 17.1 Å². The molecule has 1 unspecified atom stereocenters. The third-order valence-electron chi connectivity index (χ3n) is 6.91. The minimum atomic E-state index is -0.624. The molecular weight excluding hydrogens is 496 g/mol. The molecule has 39 heavy (non-hydrogen) atoms. The van der Waals surface area contributed by atoms with Crippen molar-refractivity contribution < 1.29 is 23.5 Å². The van der Waals surface area contributed by atoms with Gasteiger partial charge in [-0.2, -0.15) is 4.98 Å². The Morgan fingerprint density at radius 2 is 1.95 bits per heavy atom. The summed E-state index contributed by atoms with van der Waals surface area (Å²) in [5.41, 5.74) is 1.04. The Balaban J connectivity index is 1.43. The van der Waals surface area contributed by atoms with Crippen molar-refractivity contribution in [3.05, 3.63) is 60.5 Å². The zero-order chi connectivity index (χ0) is 28.0. The number of hydrogen-bond donors (Lipinski definition) is 1. The van der Waals surface area contributed by atoms with E-state index in [0.717, 1.165) is 18.4 Å². The standard InChI is InChI=1S/C30H40N4O5/c1-6-24-26(7-2)38-28(32-24)33-16-12-11-15-25(33)27(35)31-22-17-23(20-37-19-21-13-9-8-10-14-21)34(18-22)29(36)39-30(3,4)5/h6-10,13-14,22-23,25H,1-2,11-12,15-20H2,3-5H3,(H,31,35)/t22-,23?,25+/m1/s1. The number of hydrogen-bond acceptors (Lipinski definition) is 7. The van der Waals surface area contributed by atoms with Gasteiger partial charge >= 0.3 is 6.09 Å². The number of likely N-dealkylation sites (tertiary alicyclic amines) is 1. The van der Waals surface area contributed by atoms with Gasteiger partial charge in [0.25, 0.3) is 6.01 Å². The molecular formula is C30H40N4O5. The summed E-state index contributed by atoms with van der Waals surface area (Å²) in [6, 6.07) is 9.44. The first-order valence-electron chi connectivity index (χ1n) is 13.6. The highest BCUT2D eigenvalue weighted by Gasteiger charge is 2.40. The number of oxazole rings is 1. The highest BCUT2D eigenvalue weighted by Crippen LogP contribution is 2.28. The van der Waals surface area contributed by atoms with Crippen molar-refractivity contribution in [2.45, 2.75) is 76.8 Å². The molecule has 0 saturated carbocycles. The van der Waals surface area contributed by atoms with Gasteiger partial charge in [0, 0.05) is 19.1 Å². The number of carbonyl (C=O) groups excluding carboxylic acids is 2. The molecule has 210 valence electrons. The fourth-order valence-electron chi connectivity index (χ4n) is 5.09. The smallest absolute Gasteiger partial charge is 0.410 e. The summed E-state index contributed by atoms with van der Waals surface area (Å²) in [5.74, 6) is 0.431. The molecule has 1 N–H and O–H groups in total. The van der Waals surface area contributed by atoms with Gasteiger partial charge in [-0.3, -0.25) is 4.79 Å². The number of anilines is 1. The van der Waals surface area contributed by atoms with Crippen molar-refractivity contribution in [1.82, 2.24) is 15.2 Å². The molecule has 0 spiro atoms. The van der Waals surface area contributed by atoms with Crippen LogP contribution in [0.15, 0.2) is 47.9 Å². The number of amides is 2. The summed E-state index contributed by atoms with van der Waals surface area (Å²) < 4.78 is 17.6. The first-order valence-corrected chi connectivity index (χ1v) is 13.6. The second-order valence-electron chi connectivity index (χ2n) is 11.1. The Bertz CT molecular complexity index is 1130. The molecule has 0 aliphatic carbocycles. The lowest BCUT2D eigenvalue weighted by atomic mass is 10.0. The highest BCUT2D eigenvalue weighted by molar-refractivity contribution is 5.85. The quantitative estimate of drug-likeness (QED) is 0.480. The van der Waals surface area contributed by atoms with Crippen molar-refractivity contribution in [2.24, 2.45) is 0 Å². The fourth-order valence-corrected chi connectivity index (χ4v) is 5.09. The molecule has 2 aliphatic heterocycles. The number of aromatic nitrogens is 1. The van der Waals surface area contributed by atoms with Gasteiger partial charge in [-0.05, 0) is 64.2 Å². The van der Waals surface area contributed by atoms with Gasteiger partial charge in [-0.15, -0.1) is 0 Å². The van der Waals surface area contributed by atoms with Gasteiger partial charge in [0.05, 0.1) is 19.3 Å². The van der Waals surface area contributed by atoms with Crippen LogP contribution < -0.4 is 10.2 Å². The van der Waals surface area contributed by atoms with Crippen LogP contribution in [-0.4, -0.2) is 65.3 Å². The van der Waals surface area contributed by atoms with E-state index in [4.69, 9.17) is 13.9 Å². The van der Waals surface area contributed by atoms with Crippen LogP contribution in [0.5, 0.6) is 0 Å². The second-order valence-corrected chi connectivity index (χ2v) is 11.1. The zero-order valence-corrected chi connectivity index (χ0v) is 23.2. The molecule has 9 nitrogen and oxygen atoms in total. The molecule has 2 aromatic rings. The molecule has 2 aliphatic rings. The third-order valence-corrected chi connectivity index (χ3v) is 6.91. The van der Waals surface area contributed by atoms with Crippen molar-refractivity contribution in [2.75, 3.05) is 24.6 Å². The lowest BCUT2D eigenvalue weighted by Gasteiger charge is -2.34. The van der Waals surface area contributed by atoms with E-state index in [2.05, 4.69) is 23.5 Å². The Morgan fingerprint density at radius 1 is 1.18 bits per heavy atom. The monoisotopic (exact) mass is 536 g/mol. The Hall–Kier alpha value is -3.59. The SMILES string of the molecule is C=Cc1nc(N2CCCC[C@H]2C(=O)N[C@@H]2CC(COCc3ccccc3)N(C(=O)OC(C)(C)C)C2)oc1C=C. The van der Waals surface area contributed by atoms with Gasteiger partial charge in [0.2, 0.25) is 5.91 Å². The van der Waals surface area contributed by atoms with E-state index in [0.29, 0.717) is 56.6 Å². The van der Waals surface area contributed by atoms with Crippen molar-refractivity contribution in [1.29, 1.82) is 0 Å².